The van der Waals surface area contributed by atoms with Gasteiger partial charge < -0.3 is 15.6 Å². The Hall–Kier alpha value is -2.21. The fraction of sp³-hybridized carbons (Fsp3) is 0.438. The first-order valence-electron chi connectivity index (χ1n) is 7.52. The highest BCUT2D eigenvalue weighted by atomic mass is 16.2. The standard InChI is InChI=1S/C16H23N5O/c1-4-16(5-2,10-17)15(22)19-13-8-6-7-12(9-13)14-20-18-11-21(14)3/h6-9,11H,4-5,10,17H2,1-3H3,(H,19,22). The number of nitrogens with two attached hydrogens (primary N) is 1. The second-order valence-corrected chi connectivity index (χ2v) is 5.49. The van der Waals surface area contributed by atoms with E-state index < -0.39 is 5.41 Å². The van der Waals surface area contributed by atoms with Crippen LogP contribution in [0, 0.1) is 5.41 Å². The molecule has 3 N–H and O–H groups in total. The van der Waals surface area contributed by atoms with Gasteiger partial charge in [-0.05, 0) is 25.0 Å². The molecule has 1 heterocycles. The fourth-order valence-corrected chi connectivity index (χ4v) is 2.50. The zero-order valence-electron chi connectivity index (χ0n) is 13.3. The van der Waals surface area contributed by atoms with Crippen molar-refractivity contribution in [2.75, 3.05) is 11.9 Å². The van der Waals surface area contributed by atoms with Gasteiger partial charge in [-0.1, -0.05) is 26.0 Å². The summed E-state index contributed by atoms with van der Waals surface area (Å²) < 4.78 is 1.84. The molecule has 0 bridgehead atoms. The molecule has 0 fully saturated rings. The lowest BCUT2D eigenvalue weighted by molar-refractivity contribution is -0.125. The van der Waals surface area contributed by atoms with Gasteiger partial charge in [0.25, 0.3) is 0 Å². The molecular formula is C16H23N5O. The first-order valence-corrected chi connectivity index (χ1v) is 7.52. The molecule has 0 aliphatic heterocycles. The van der Waals surface area contributed by atoms with Crippen molar-refractivity contribution in [3.05, 3.63) is 30.6 Å². The third-order valence-corrected chi connectivity index (χ3v) is 4.32. The van der Waals surface area contributed by atoms with Crippen LogP contribution in [-0.4, -0.2) is 27.2 Å². The maximum Gasteiger partial charge on any atom is 0.231 e. The number of amides is 1. The minimum Gasteiger partial charge on any atom is -0.329 e. The molecule has 22 heavy (non-hydrogen) atoms. The number of nitrogens with zero attached hydrogens (tertiary/aromatic N) is 3. The summed E-state index contributed by atoms with van der Waals surface area (Å²) in [5.74, 6) is 0.724. The molecular weight excluding hydrogens is 278 g/mol. The minimum absolute atomic E-state index is 0.0323. The number of hydrogen-bond donors (Lipinski definition) is 2. The number of rotatable bonds is 6. The Balaban J connectivity index is 2.24. The van der Waals surface area contributed by atoms with E-state index in [0.717, 1.165) is 29.9 Å². The van der Waals surface area contributed by atoms with Crippen LogP contribution in [0.3, 0.4) is 0 Å². The Bertz CT molecular complexity index is 637. The number of anilines is 1. The van der Waals surface area contributed by atoms with Gasteiger partial charge in [0.2, 0.25) is 5.91 Å². The van der Waals surface area contributed by atoms with Crippen LogP contribution in [0.25, 0.3) is 11.4 Å². The molecule has 0 spiro atoms. The monoisotopic (exact) mass is 301 g/mol. The normalized spacial score (nSPS) is 11.5. The first-order chi connectivity index (χ1) is 10.6. The van der Waals surface area contributed by atoms with Gasteiger partial charge in [0.05, 0.1) is 5.41 Å². The zero-order valence-corrected chi connectivity index (χ0v) is 13.3. The van der Waals surface area contributed by atoms with Gasteiger partial charge in [-0.15, -0.1) is 10.2 Å². The molecule has 1 amide bonds. The number of hydrogen-bond acceptors (Lipinski definition) is 4. The first kappa shape index (κ1) is 16.2. The van der Waals surface area contributed by atoms with Crippen LogP contribution < -0.4 is 11.1 Å². The largest absolute Gasteiger partial charge is 0.329 e. The Kier molecular flexibility index (Phi) is 4.92. The van der Waals surface area contributed by atoms with E-state index in [9.17, 15) is 4.79 Å². The summed E-state index contributed by atoms with van der Waals surface area (Å²) in [5.41, 5.74) is 6.96. The van der Waals surface area contributed by atoms with Gasteiger partial charge in [0, 0.05) is 24.8 Å². The predicted octanol–water partition coefficient (Wildman–Crippen LogP) is 2.19. The molecule has 6 heteroatoms. The molecule has 2 aromatic rings. The second kappa shape index (κ2) is 6.70. The van der Waals surface area contributed by atoms with Crippen molar-refractivity contribution in [1.82, 2.24) is 14.8 Å². The van der Waals surface area contributed by atoms with Crippen LogP contribution in [0.2, 0.25) is 0 Å². The lowest BCUT2D eigenvalue weighted by Gasteiger charge is -2.28. The summed E-state index contributed by atoms with van der Waals surface area (Å²) in [7, 11) is 1.88. The van der Waals surface area contributed by atoms with Crippen molar-refractivity contribution in [2.24, 2.45) is 18.2 Å². The molecule has 0 unspecified atom stereocenters. The van der Waals surface area contributed by atoms with Crippen LogP contribution >= 0.6 is 0 Å². The fourth-order valence-electron chi connectivity index (χ4n) is 2.50. The van der Waals surface area contributed by atoms with Crippen molar-refractivity contribution in [3.63, 3.8) is 0 Å². The average Bonchev–Trinajstić information content (AvgIpc) is 2.96. The van der Waals surface area contributed by atoms with E-state index in [2.05, 4.69) is 15.5 Å². The highest BCUT2D eigenvalue weighted by Crippen LogP contribution is 2.28. The summed E-state index contributed by atoms with van der Waals surface area (Å²) in [6.45, 7) is 4.33. The molecule has 0 atom stereocenters. The molecule has 0 radical (unpaired) electrons. The molecule has 6 nitrogen and oxygen atoms in total. The van der Waals surface area contributed by atoms with Crippen molar-refractivity contribution in [1.29, 1.82) is 0 Å². The third kappa shape index (κ3) is 3.01. The van der Waals surface area contributed by atoms with E-state index in [4.69, 9.17) is 5.73 Å². The van der Waals surface area contributed by atoms with E-state index in [0.29, 0.717) is 6.54 Å². The molecule has 118 valence electrons. The second-order valence-electron chi connectivity index (χ2n) is 5.49. The quantitative estimate of drug-likeness (QED) is 0.856. The van der Waals surface area contributed by atoms with Crippen LogP contribution in [0.5, 0.6) is 0 Å². The van der Waals surface area contributed by atoms with Gasteiger partial charge in [-0.25, -0.2) is 0 Å². The van der Waals surface area contributed by atoms with Crippen LogP contribution in [0.4, 0.5) is 5.69 Å². The maximum absolute atomic E-state index is 12.6. The predicted molar refractivity (Wildman–Crippen MR) is 87.1 cm³/mol. The van der Waals surface area contributed by atoms with Crippen LogP contribution in [0.1, 0.15) is 26.7 Å². The van der Waals surface area contributed by atoms with Gasteiger partial charge in [-0.2, -0.15) is 0 Å². The SMILES string of the molecule is CCC(CC)(CN)C(=O)Nc1cccc(-c2nncn2C)c1. The Morgan fingerprint density at radius 2 is 2.09 bits per heavy atom. The lowest BCUT2D eigenvalue weighted by Crippen LogP contribution is -2.41. The molecule has 0 saturated heterocycles. The van der Waals surface area contributed by atoms with Crippen molar-refractivity contribution < 1.29 is 4.79 Å². The molecule has 1 aromatic carbocycles. The Labute approximate surface area is 130 Å². The van der Waals surface area contributed by atoms with Crippen molar-refractivity contribution in [2.45, 2.75) is 26.7 Å². The lowest BCUT2D eigenvalue weighted by atomic mass is 9.81. The summed E-state index contributed by atoms with van der Waals surface area (Å²) in [5, 5.41) is 10.9. The number of benzene rings is 1. The average molecular weight is 301 g/mol. The van der Waals surface area contributed by atoms with E-state index in [1.54, 1.807) is 6.33 Å². The van der Waals surface area contributed by atoms with E-state index in [-0.39, 0.29) is 5.91 Å². The molecule has 2 rings (SSSR count). The van der Waals surface area contributed by atoms with Gasteiger partial charge in [0.1, 0.15) is 6.33 Å². The zero-order chi connectivity index (χ0) is 16.2. The third-order valence-electron chi connectivity index (χ3n) is 4.32. The summed E-state index contributed by atoms with van der Waals surface area (Å²) in [4.78, 5) is 12.6. The summed E-state index contributed by atoms with van der Waals surface area (Å²) >= 11 is 0. The number of aromatic nitrogens is 3. The van der Waals surface area contributed by atoms with E-state index in [1.165, 1.54) is 0 Å². The maximum atomic E-state index is 12.6. The minimum atomic E-state index is -0.513. The highest BCUT2D eigenvalue weighted by molar-refractivity contribution is 5.95. The smallest absolute Gasteiger partial charge is 0.231 e. The molecule has 0 aliphatic carbocycles. The Morgan fingerprint density at radius 3 is 2.64 bits per heavy atom. The van der Waals surface area contributed by atoms with Gasteiger partial charge in [0.15, 0.2) is 5.82 Å². The molecule has 0 saturated carbocycles. The van der Waals surface area contributed by atoms with E-state index in [1.807, 2.05) is 49.7 Å². The summed E-state index contributed by atoms with van der Waals surface area (Å²) in [6, 6.07) is 7.59. The van der Waals surface area contributed by atoms with Crippen LogP contribution in [0.15, 0.2) is 30.6 Å². The number of carbonyl (C=O) groups is 1. The highest BCUT2D eigenvalue weighted by Gasteiger charge is 2.33. The van der Waals surface area contributed by atoms with Crippen molar-refractivity contribution in [3.8, 4) is 11.4 Å². The number of aryl methyl sites for hydroxylation is 1. The molecule has 0 aliphatic rings. The van der Waals surface area contributed by atoms with Crippen LogP contribution in [-0.2, 0) is 11.8 Å². The van der Waals surface area contributed by atoms with Gasteiger partial charge in [-0.3, -0.25) is 4.79 Å². The summed E-state index contributed by atoms with van der Waals surface area (Å²) in [6.07, 6.45) is 3.08. The topological polar surface area (TPSA) is 85.8 Å². The number of carbonyl (C=O) groups excluding carboxylic acids is 1. The van der Waals surface area contributed by atoms with E-state index >= 15 is 0 Å². The Morgan fingerprint density at radius 1 is 1.36 bits per heavy atom. The van der Waals surface area contributed by atoms with Crippen molar-refractivity contribution >= 4 is 11.6 Å². The van der Waals surface area contributed by atoms with Gasteiger partial charge >= 0.3 is 0 Å². The molecule has 1 aromatic heterocycles. The number of nitrogens with one attached hydrogen (secondary N) is 1.